The Balaban J connectivity index is 1.14. The van der Waals surface area contributed by atoms with Gasteiger partial charge in [0.1, 0.15) is 28.6 Å². The number of pyridine rings is 1. The van der Waals surface area contributed by atoms with E-state index in [1.54, 1.807) is 6.20 Å². The molecule has 0 saturated carbocycles. The maximum atomic E-state index is 12.7. The van der Waals surface area contributed by atoms with Crippen molar-refractivity contribution in [1.29, 1.82) is 0 Å². The predicted octanol–water partition coefficient (Wildman–Crippen LogP) is 4.47. The van der Waals surface area contributed by atoms with Crippen molar-refractivity contribution in [2.45, 2.75) is 12.8 Å². The molecule has 0 aliphatic carbocycles. The first-order chi connectivity index (χ1) is 17.7. The van der Waals surface area contributed by atoms with E-state index in [0.29, 0.717) is 25.4 Å². The van der Waals surface area contributed by atoms with Crippen molar-refractivity contribution < 1.29 is 14.1 Å². The number of Topliss-reactive ketones (excluding diaryl/α,β-unsaturated/α-hetero) is 1. The molecule has 5 aromatic rings. The fourth-order valence-electron chi connectivity index (χ4n) is 4.47. The molecule has 180 valence electrons. The van der Waals surface area contributed by atoms with Gasteiger partial charge in [-0.05, 0) is 11.6 Å². The average molecular weight is 480 g/mol. The lowest BCUT2D eigenvalue weighted by molar-refractivity contribution is -0.118. The fraction of sp³-hybridized carbons (Fsp3) is 0.214. The summed E-state index contributed by atoms with van der Waals surface area (Å²) >= 11 is 0. The van der Waals surface area contributed by atoms with Crippen molar-refractivity contribution in [3.8, 4) is 22.6 Å². The molecule has 0 bridgehead atoms. The van der Waals surface area contributed by atoms with Crippen LogP contribution in [0.15, 0.2) is 77.4 Å². The Bertz CT molecular complexity index is 1480. The highest BCUT2D eigenvalue weighted by Crippen LogP contribution is 2.27. The van der Waals surface area contributed by atoms with Gasteiger partial charge in [-0.2, -0.15) is 0 Å². The largest absolute Gasteiger partial charge is 0.378 e. The number of aromatic amines is 1. The number of ether oxygens (including phenoxy) is 1. The molecular weight excluding hydrogens is 454 g/mol. The molecule has 8 heteroatoms. The van der Waals surface area contributed by atoms with Gasteiger partial charge < -0.3 is 19.1 Å². The molecule has 0 atom stereocenters. The first kappa shape index (κ1) is 22.2. The molecule has 1 aliphatic heterocycles. The lowest BCUT2D eigenvalue weighted by atomic mass is 10.0. The molecule has 36 heavy (non-hydrogen) atoms. The van der Waals surface area contributed by atoms with E-state index in [1.807, 2.05) is 66.7 Å². The topological polar surface area (TPSA) is 97.1 Å². The Morgan fingerprint density at radius 3 is 2.56 bits per heavy atom. The highest BCUT2D eigenvalue weighted by molar-refractivity contribution is 5.89. The van der Waals surface area contributed by atoms with Gasteiger partial charge in [-0.15, -0.1) is 0 Å². The van der Waals surface area contributed by atoms with Crippen LogP contribution in [0.5, 0.6) is 0 Å². The van der Waals surface area contributed by atoms with Crippen molar-refractivity contribution in [1.82, 2.24) is 20.1 Å². The number of imidazole rings is 1. The van der Waals surface area contributed by atoms with Crippen molar-refractivity contribution in [3.05, 3.63) is 84.3 Å². The Morgan fingerprint density at radius 1 is 0.944 bits per heavy atom. The van der Waals surface area contributed by atoms with Gasteiger partial charge in [0.15, 0.2) is 5.82 Å². The maximum Gasteiger partial charge on any atom is 0.156 e. The van der Waals surface area contributed by atoms with Gasteiger partial charge in [0.2, 0.25) is 0 Å². The standard InChI is InChI=1S/C28H25N5O3/c34-22(17-23-18-25(32-36-23)20-4-2-1-3-5-20)16-19-6-8-21(9-7-19)27-30-24-10-11-29-28(26(24)31-27)33-12-14-35-15-13-33/h1-11,18H,12-17H2,(H,30,31). The number of anilines is 1. The van der Waals surface area contributed by atoms with E-state index in [-0.39, 0.29) is 12.2 Å². The lowest BCUT2D eigenvalue weighted by Crippen LogP contribution is -2.36. The van der Waals surface area contributed by atoms with Gasteiger partial charge in [0.05, 0.1) is 25.2 Å². The normalized spacial score (nSPS) is 13.8. The van der Waals surface area contributed by atoms with Crippen LogP contribution in [0.2, 0.25) is 0 Å². The molecule has 8 nitrogen and oxygen atoms in total. The van der Waals surface area contributed by atoms with Gasteiger partial charge in [-0.1, -0.05) is 59.8 Å². The average Bonchev–Trinajstić information content (AvgIpc) is 3.57. The summed E-state index contributed by atoms with van der Waals surface area (Å²) in [6, 6.07) is 21.5. The highest BCUT2D eigenvalue weighted by Gasteiger charge is 2.18. The molecule has 6 rings (SSSR count). The third-order valence-corrected chi connectivity index (χ3v) is 6.32. The van der Waals surface area contributed by atoms with E-state index >= 15 is 0 Å². The summed E-state index contributed by atoms with van der Waals surface area (Å²) in [7, 11) is 0. The number of hydrogen-bond acceptors (Lipinski definition) is 7. The minimum absolute atomic E-state index is 0.0727. The molecule has 1 fully saturated rings. The molecule has 0 amide bonds. The van der Waals surface area contributed by atoms with Crippen LogP contribution in [0.3, 0.4) is 0 Å². The van der Waals surface area contributed by atoms with Crippen LogP contribution in [-0.2, 0) is 22.4 Å². The number of benzene rings is 2. The van der Waals surface area contributed by atoms with Crippen molar-refractivity contribution in [3.63, 3.8) is 0 Å². The first-order valence-electron chi connectivity index (χ1n) is 12.0. The zero-order valence-corrected chi connectivity index (χ0v) is 19.7. The van der Waals surface area contributed by atoms with E-state index in [0.717, 1.165) is 58.1 Å². The Morgan fingerprint density at radius 2 is 1.75 bits per heavy atom. The highest BCUT2D eigenvalue weighted by atomic mass is 16.5. The SMILES string of the molecule is O=C(Cc1ccc(-c2nc3c(N4CCOCC4)nccc3[nH]2)cc1)Cc1cc(-c2ccccc2)no1. The van der Waals surface area contributed by atoms with Crippen molar-refractivity contribution in [2.75, 3.05) is 31.2 Å². The molecule has 3 aromatic heterocycles. The molecule has 1 N–H and O–H groups in total. The molecule has 1 saturated heterocycles. The Kier molecular flexibility index (Phi) is 6.01. The number of carbonyl (C=O) groups excluding carboxylic acids is 1. The summed E-state index contributed by atoms with van der Waals surface area (Å²) in [4.78, 5) is 27.7. The molecule has 1 aliphatic rings. The van der Waals surface area contributed by atoms with Gasteiger partial charge in [-0.25, -0.2) is 9.97 Å². The molecule has 0 unspecified atom stereocenters. The zero-order chi connectivity index (χ0) is 24.3. The van der Waals surface area contributed by atoms with Gasteiger partial charge in [0.25, 0.3) is 0 Å². The minimum Gasteiger partial charge on any atom is -0.378 e. The number of ketones is 1. The fourth-order valence-corrected chi connectivity index (χ4v) is 4.47. The molecule has 2 aromatic carbocycles. The Labute approximate surface area is 207 Å². The van der Waals surface area contributed by atoms with E-state index in [2.05, 4.69) is 20.0 Å². The summed E-state index contributed by atoms with van der Waals surface area (Å²) in [6.45, 7) is 3.00. The lowest BCUT2D eigenvalue weighted by Gasteiger charge is -2.27. The van der Waals surface area contributed by atoms with E-state index < -0.39 is 0 Å². The second-order valence-electron chi connectivity index (χ2n) is 8.85. The monoisotopic (exact) mass is 479 g/mol. The van der Waals surface area contributed by atoms with Crippen LogP contribution in [0.1, 0.15) is 11.3 Å². The molecular formula is C28H25N5O3. The van der Waals surface area contributed by atoms with E-state index in [9.17, 15) is 4.79 Å². The molecule has 4 heterocycles. The third-order valence-electron chi connectivity index (χ3n) is 6.32. The van der Waals surface area contributed by atoms with Crippen LogP contribution >= 0.6 is 0 Å². The summed E-state index contributed by atoms with van der Waals surface area (Å²) in [5, 5.41) is 4.09. The second-order valence-corrected chi connectivity index (χ2v) is 8.85. The minimum atomic E-state index is 0.0727. The third kappa shape index (κ3) is 4.63. The number of aromatic nitrogens is 4. The predicted molar refractivity (Wildman–Crippen MR) is 137 cm³/mol. The van der Waals surface area contributed by atoms with Gasteiger partial charge in [0, 0.05) is 42.9 Å². The zero-order valence-electron chi connectivity index (χ0n) is 19.7. The molecule has 0 spiro atoms. The van der Waals surface area contributed by atoms with Crippen molar-refractivity contribution >= 4 is 22.6 Å². The summed E-state index contributed by atoms with van der Waals surface area (Å²) in [5.74, 6) is 2.30. The number of rotatable bonds is 7. The second kappa shape index (κ2) is 9.75. The number of morpholine rings is 1. The molecule has 0 radical (unpaired) electrons. The van der Waals surface area contributed by atoms with Crippen LogP contribution < -0.4 is 4.90 Å². The maximum absolute atomic E-state index is 12.7. The van der Waals surface area contributed by atoms with Crippen molar-refractivity contribution in [2.24, 2.45) is 0 Å². The number of nitrogens with zero attached hydrogens (tertiary/aromatic N) is 4. The van der Waals surface area contributed by atoms with Crippen LogP contribution in [0.25, 0.3) is 33.7 Å². The number of carbonyl (C=O) groups is 1. The smallest absolute Gasteiger partial charge is 0.156 e. The van der Waals surface area contributed by atoms with Gasteiger partial charge >= 0.3 is 0 Å². The summed E-state index contributed by atoms with van der Waals surface area (Å²) < 4.78 is 10.9. The van der Waals surface area contributed by atoms with Crippen LogP contribution in [0.4, 0.5) is 5.82 Å². The van der Waals surface area contributed by atoms with E-state index in [4.69, 9.17) is 14.2 Å². The number of fused-ring (bicyclic) bond motifs is 1. The summed E-state index contributed by atoms with van der Waals surface area (Å²) in [5.41, 5.74) is 5.41. The first-order valence-corrected chi connectivity index (χ1v) is 12.0. The summed E-state index contributed by atoms with van der Waals surface area (Å²) in [6.07, 6.45) is 2.34. The van der Waals surface area contributed by atoms with Crippen LogP contribution in [-0.4, -0.2) is 52.2 Å². The Hall–Kier alpha value is -4.30. The number of H-pyrrole nitrogens is 1. The van der Waals surface area contributed by atoms with Crippen LogP contribution in [0, 0.1) is 0 Å². The quantitative estimate of drug-likeness (QED) is 0.368. The number of nitrogens with one attached hydrogen (secondary N) is 1. The number of hydrogen-bond donors (Lipinski definition) is 1. The van der Waals surface area contributed by atoms with Gasteiger partial charge in [-0.3, -0.25) is 4.79 Å². The van der Waals surface area contributed by atoms with E-state index in [1.165, 1.54) is 0 Å².